The van der Waals surface area contributed by atoms with Crippen molar-refractivity contribution in [1.82, 2.24) is 4.90 Å². The molecule has 1 aliphatic heterocycles. The Morgan fingerprint density at radius 2 is 1.93 bits per heavy atom. The van der Waals surface area contributed by atoms with Gasteiger partial charge in [0.1, 0.15) is 11.6 Å². The molecule has 8 nitrogen and oxygen atoms in total. The van der Waals surface area contributed by atoms with Crippen LogP contribution in [-0.2, 0) is 4.79 Å². The van der Waals surface area contributed by atoms with Crippen LogP contribution in [0.15, 0.2) is 42.5 Å². The predicted octanol–water partition coefficient (Wildman–Crippen LogP) is 3.20. The molecule has 152 valence electrons. The number of nitro benzene ring substituents is 1. The van der Waals surface area contributed by atoms with Gasteiger partial charge in [0.15, 0.2) is 0 Å². The second kappa shape index (κ2) is 8.68. The van der Waals surface area contributed by atoms with Crippen LogP contribution < -0.4 is 9.47 Å². The summed E-state index contributed by atoms with van der Waals surface area (Å²) >= 11 is 0. The number of hydrogen-bond acceptors (Lipinski definition) is 6. The number of nitrogens with zero attached hydrogens (tertiary/aromatic N) is 2. The molecule has 0 bridgehead atoms. The number of ether oxygens (including phenoxy) is 2. The van der Waals surface area contributed by atoms with E-state index in [0.29, 0.717) is 24.9 Å². The Bertz CT molecular complexity index is 931. The number of piperidine rings is 1. The first kappa shape index (κ1) is 20.2. The number of rotatable bonds is 5. The lowest BCUT2D eigenvalue weighted by atomic mass is 9.97. The minimum Gasteiger partial charge on any atom is -0.496 e. The van der Waals surface area contributed by atoms with E-state index in [1.807, 2.05) is 0 Å². The summed E-state index contributed by atoms with van der Waals surface area (Å²) in [4.78, 5) is 37.3. The highest BCUT2D eigenvalue weighted by Gasteiger charge is 2.31. The Morgan fingerprint density at radius 3 is 2.59 bits per heavy atom. The van der Waals surface area contributed by atoms with E-state index in [9.17, 15) is 24.1 Å². The van der Waals surface area contributed by atoms with Crippen molar-refractivity contribution in [2.75, 3.05) is 20.2 Å². The number of benzene rings is 2. The molecule has 1 heterocycles. The zero-order chi connectivity index (χ0) is 21.0. The van der Waals surface area contributed by atoms with E-state index in [1.165, 1.54) is 54.5 Å². The topological polar surface area (TPSA) is 99.0 Å². The molecule has 0 aromatic heterocycles. The van der Waals surface area contributed by atoms with Gasteiger partial charge in [-0.25, -0.2) is 4.39 Å². The molecule has 1 saturated heterocycles. The normalized spacial score (nSPS) is 16.2. The van der Waals surface area contributed by atoms with E-state index in [0.717, 1.165) is 0 Å². The molecule has 0 saturated carbocycles. The highest BCUT2D eigenvalue weighted by atomic mass is 19.1. The third-order valence-electron chi connectivity index (χ3n) is 4.71. The van der Waals surface area contributed by atoms with Crippen LogP contribution in [0.4, 0.5) is 10.1 Å². The number of hydrogen-bond donors (Lipinski definition) is 0. The number of halogens is 1. The number of carbonyl (C=O) groups is 2. The lowest BCUT2D eigenvalue weighted by molar-refractivity contribution is -0.385. The third-order valence-corrected chi connectivity index (χ3v) is 4.71. The smallest absolute Gasteiger partial charge is 0.316 e. The molecule has 0 spiro atoms. The van der Waals surface area contributed by atoms with E-state index in [4.69, 9.17) is 9.47 Å². The van der Waals surface area contributed by atoms with Gasteiger partial charge in [0.05, 0.1) is 24.0 Å². The lowest BCUT2D eigenvalue weighted by Crippen LogP contribution is -2.43. The van der Waals surface area contributed by atoms with Crippen LogP contribution in [0, 0.1) is 21.8 Å². The first-order chi connectivity index (χ1) is 13.9. The van der Waals surface area contributed by atoms with Crippen LogP contribution >= 0.6 is 0 Å². The number of methoxy groups -OCH3 is 1. The Hall–Kier alpha value is -3.49. The van der Waals surface area contributed by atoms with Gasteiger partial charge >= 0.3 is 11.7 Å². The van der Waals surface area contributed by atoms with Gasteiger partial charge in [0.25, 0.3) is 5.91 Å². The predicted molar refractivity (Wildman–Crippen MR) is 100 cm³/mol. The minimum absolute atomic E-state index is 0.124. The van der Waals surface area contributed by atoms with Crippen LogP contribution in [-0.4, -0.2) is 41.9 Å². The van der Waals surface area contributed by atoms with Crippen molar-refractivity contribution in [1.29, 1.82) is 0 Å². The summed E-state index contributed by atoms with van der Waals surface area (Å²) in [6.45, 7) is 0.585. The summed E-state index contributed by atoms with van der Waals surface area (Å²) in [6.07, 6.45) is 1.08. The molecule has 1 fully saturated rings. The van der Waals surface area contributed by atoms with Crippen LogP contribution in [0.3, 0.4) is 0 Å². The van der Waals surface area contributed by atoms with E-state index in [1.54, 1.807) is 0 Å². The van der Waals surface area contributed by atoms with Crippen LogP contribution in [0.1, 0.15) is 23.2 Å². The van der Waals surface area contributed by atoms with Crippen molar-refractivity contribution in [3.63, 3.8) is 0 Å². The molecule has 9 heteroatoms. The number of amides is 1. The van der Waals surface area contributed by atoms with Gasteiger partial charge in [-0.1, -0.05) is 0 Å². The maximum Gasteiger partial charge on any atom is 0.316 e. The summed E-state index contributed by atoms with van der Waals surface area (Å²) in [5.41, 5.74) is -0.0565. The number of esters is 1. The first-order valence-corrected chi connectivity index (χ1v) is 8.98. The summed E-state index contributed by atoms with van der Waals surface area (Å²) in [5, 5.41) is 11.2. The first-order valence-electron chi connectivity index (χ1n) is 8.98. The average Bonchev–Trinajstić information content (AvgIpc) is 2.74. The van der Waals surface area contributed by atoms with Crippen LogP contribution in [0.2, 0.25) is 0 Å². The fraction of sp³-hybridized carbons (Fsp3) is 0.300. The minimum atomic E-state index is -0.656. The van der Waals surface area contributed by atoms with Crippen molar-refractivity contribution in [2.24, 2.45) is 5.92 Å². The standard InChI is InChI=1S/C20H19FN2O6/c1-28-16-8-9-18(17(11-16)23(26)27)29-20(25)14-3-2-10-22(12-14)19(24)13-4-6-15(21)7-5-13/h4-9,11,14H,2-3,10,12H2,1H3. The summed E-state index contributed by atoms with van der Waals surface area (Å²) in [5.74, 6) is -1.92. The zero-order valence-corrected chi connectivity index (χ0v) is 15.7. The second-order valence-corrected chi connectivity index (χ2v) is 6.61. The maximum atomic E-state index is 13.1. The van der Waals surface area contributed by atoms with E-state index in [-0.39, 0.29) is 29.6 Å². The third kappa shape index (κ3) is 4.68. The SMILES string of the molecule is COc1ccc(OC(=O)C2CCCN(C(=O)c3ccc(F)cc3)C2)c([N+](=O)[O-])c1. The fourth-order valence-corrected chi connectivity index (χ4v) is 3.17. The monoisotopic (exact) mass is 402 g/mol. The molecule has 0 N–H and O–H groups in total. The van der Waals surface area contributed by atoms with Crippen molar-refractivity contribution >= 4 is 17.6 Å². The average molecular weight is 402 g/mol. The zero-order valence-electron chi connectivity index (χ0n) is 15.7. The number of nitro groups is 1. The number of likely N-dealkylation sites (tertiary alicyclic amines) is 1. The van der Waals surface area contributed by atoms with Crippen molar-refractivity contribution in [3.8, 4) is 11.5 Å². The van der Waals surface area contributed by atoms with E-state index in [2.05, 4.69) is 0 Å². The Kier molecular flexibility index (Phi) is 6.06. The van der Waals surface area contributed by atoms with Crippen molar-refractivity contribution in [2.45, 2.75) is 12.8 Å². The maximum absolute atomic E-state index is 13.1. The lowest BCUT2D eigenvalue weighted by Gasteiger charge is -2.31. The molecule has 2 aromatic carbocycles. The van der Waals surface area contributed by atoms with Crippen molar-refractivity contribution in [3.05, 3.63) is 64.0 Å². The molecule has 2 aromatic rings. The van der Waals surface area contributed by atoms with Gasteiger partial charge in [-0.2, -0.15) is 0 Å². The largest absolute Gasteiger partial charge is 0.496 e. The Morgan fingerprint density at radius 1 is 1.21 bits per heavy atom. The van der Waals surface area contributed by atoms with E-state index >= 15 is 0 Å². The van der Waals surface area contributed by atoms with Crippen LogP contribution in [0.5, 0.6) is 11.5 Å². The van der Waals surface area contributed by atoms with Gasteiger partial charge < -0.3 is 14.4 Å². The van der Waals surface area contributed by atoms with Gasteiger partial charge in [-0.15, -0.1) is 0 Å². The fourth-order valence-electron chi connectivity index (χ4n) is 3.17. The van der Waals surface area contributed by atoms with Crippen molar-refractivity contribution < 1.29 is 28.4 Å². The molecule has 1 amide bonds. The van der Waals surface area contributed by atoms with Crippen LogP contribution in [0.25, 0.3) is 0 Å². The van der Waals surface area contributed by atoms with Gasteiger partial charge in [0.2, 0.25) is 5.75 Å². The van der Waals surface area contributed by atoms with Gasteiger partial charge in [0, 0.05) is 18.7 Å². The molecule has 0 radical (unpaired) electrons. The number of carbonyl (C=O) groups excluding carboxylic acids is 2. The Balaban J connectivity index is 1.71. The molecular formula is C20H19FN2O6. The highest BCUT2D eigenvalue weighted by molar-refractivity contribution is 5.94. The molecule has 1 aliphatic rings. The quantitative estimate of drug-likeness (QED) is 0.330. The summed E-state index contributed by atoms with van der Waals surface area (Å²) in [7, 11) is 1.37. The van der Waals surface area contributed by atoms with E-state index < -0.39 is 22.6 Å². The summed E-state index contributed by atoms with van der Waals surface area (Å²) in [6, 6.07) is 9.12. The highest BCUT2D eigenvalue weighted by Crippen LogP contribution is 2.32. The molecule has 1 unspecified atom stereocenters. The van der Waals surface area contributed by atoms with Gasteiger partial charge in [-0.3, -0.25) is 19.7 Å². The molecule has 1 atom stereocenters. The molecule has 29 heavy (non-hydrogen) atoms. The Labute approximate surface area is 166 Å². The van der Waals surface area contributed by atoms with Gasteiger partial charge in [-0.05, 0) is 49.2 Å². The second-order valence-electron chi connectivity index (χ2n) is 6.61. The molecule has 0 aliphatic carbocycles. The molecule has 3 rings (SSSR count). The molecular weight excluding hydrogens is 383 g/mol. The summed E-state index contributed by atoms with van der Waals surface area (Å²) < 4.78 is 23.3.